The van der Waals surface area contributed by atoms with E-state index in [-0.39, 0.29) is 6.61 Å². The van der Waals surface area contributed by atoms with Crippen LogP contribution in [0.15, 0.2) is 18.2 Å². The van der Waals surface area contributed by atoms with E-state index in [1.807, 2.05) is 12.1 Å². The van der Waals surface area contributed by atoms with Gasteiger partial charge in [-0.15, -0.1) is 0 Å². The molecule has 4 heteroatoms. The number of hydrogen-bond donors (Lipinski definition) is 2. The normalized spacial score (nSPS) is 23.1. The van der Waals surface area contributed by atoms with Gasteiger partial charge in [0.05, 0.1) is 27.4 Å². The van der Waals surface area contributed by atoms with Crippen LogP contribution in [0.3, 0.4) is 0 Å². The number of benzene rings is 1. The summed E-state index contributed by atoms with van der Waals surface area (Å²) in [6.45, 7) is 2.30. The molecule has 0 spiro atoms. The Kier molecular flexibility index (Phi) is 5.05. The summed E-state index contributed by atoms with van der Waals surface area (Å²) in [5.74, 6) is 1.68. The van der Waals surface area contributed by atoms with Crippen LogP contribution in [0.1, 0.15) is 24.8 Å². The van der Waals surface area contributed by atoms with E-state index in [9.17, 15) is 5.11 Å². The zero-order chi connectivity index (χ0) is 13.7. The SMILES string of the molecule is COc1ccc(C[NH+]2CCCCC2CO)c(OC)c1. The van der Waals surface area contributed by atoms with Gasteiger partial charge >= 0.3 is 0 Å². The molecule has 106 valence electrons. The fraction of sp³-hybridized carbons (Fsp3) is 0.600. The molecule has 1 aliphatic rings. The number of nitrogens with one attached hydrogen (secondary N) is 1. The molecule has 1 aromatic rings. The molecule has 1 aliphatic heterocycles. The van der Waals surface area contributed by atoms with Crippen LogP contribution in [0.5, 0.6) is 11.5 Å². The van der Waals surface area contributed by atoms with E-state index in [1.54, 1.807) is 14.2 Å². The summed E-state index contributed by atoms with van der Waals surface area (Å²) < 4.78 is 10.7. The number of quaternary nitrogens is 1. The van der Waals surface area contributed by atoms with E-state index >= 15 is 0 Å². The fourth-order valence-corrected chi connectivity index (χ4v) is 2.85. The molecule has 0 aromatic heterocycles. The molecule has 0 radical (unpaired) electrons. The van der Waals surface area contributed by atoms with Gasteiger partial charge in [-0.3, -0.25) is 0 Å². The lowest BCUT2D eigenvalue weighted by atomic mass is 10.0. The van der Waals surface area contributed by atoms with E-state index in [0.29, 0.717) is 6.04 Å². The van der Waals surface area contributed by atoms with E-state index < -0.39 is 0 Å². The molecule has 2 rings (SSSR count). The second-order valence-electron chi connectivity index (χ2n) is 5.14. The zero-order valence-electron chi connectivity index (χ0n) is 11.8. The molecule has 1 saturated heterocycles. The zero-order valence-corrected chi connectivity index (χ0v) is 11.8. The molecule has 1 fully saturated rings. The Morgan fingerprint density at radius 3 is 2.79 bits per heavy atom. The number of hydrogen-bond acceptors (Lipinski definition) is 3. The maximum atomic E-state index is 9.48. The van der Waals surface area contributed by atoms with Gasteiger partial charge in [0.1, 0.15) is 24.1 Å². The molecular weight excluding hydrogens is 242 g/mol. The molecule has 2 N–H and O–H groups in total. The molecule has 1 heterocycles. The van der Waals surface area contributed by atoms with Gasteiger partial charge in [-0.2, -0.15) is 0 Å². The minimum absolute atomic E-state index is 0.272. The summed E-state index contributed by atoms with van der Waals surface area (Å²) in [7, 11) is 3.35. The molecule has 0 bridgehead atoms. The lowest BCUT2D eigenvalue weighted by Gasteiger charge is -2.31. The fourth-order valence-electron chi connectivity index (χ4n) is 2.85. The third-order valence-electron chi connectivity index (χ3n) is 4.01. The molecule has 2 unspecified atom stereocenters. The van der Waals surface area contributed by atoms with Crippen LogP contribution < -0.4 is 14.4 Å². The van der Waals surface area contributed by atoms with Gasteiger partial charge in [0, 0.05) is 18.1 Å². The maximum Gasteiger partial charge on any atom is 0.131 e. The van der Waals surface area contributed by atoms with E-state index in [2.05, 4.69) is 6.07 Å². The van der Waals surface area contributed by atoms with Crippen LogP contribution in [0.25, 0.3) is 0 Å². The number of likely N-dealkylation sites (tertiary alicyclic amines) is 1. The van der Waals surface area contributed by atoms with Crippen LogP contribution in [0.2, 0.25) is 0 Å². The summed E-state index contributed by atoms with van der Waals surface area (Å²) in [6.07, 6.45) is 3.59. The summed E-state index contributed by atoms with van der Waals surface area (Å²) in [4.78, 5) is 1.46. The number of aliphatic hydroxyl groups excluding tert-OH is 1. The van der Waals surface area contributed by atoms with Crippen molar-refractivity contribution in [1.82, 2.24) is 0 Å². The molecule has 0 amide bonds. The van der Waals surface area contributed by atoms with Gasteiger partial charge < -0.3 is 19.5 Å². The Morgan fingerprint density at radius 1 is 1.26 bits per heavy atom. The van der Waals surface area contributed by atoms with Crippen molar-refractivity contribution in [2.75, 3.05) is 27.4 Å². The first kappa shape index (κ1) is 14.2. The molecule has 2 atom stereocenters. The number of rotatable bonds is 5. The van der Waals surface area contributed by atoms with Crippen LogP contribution in [0, 0.1) is 0 Å². The van der Waals surface area contributed by atoms with E-state index in [1.165, 1.54) is 23.3 Å². The van der Waals surface area contributed by atoms with Gasteiger partial charge in [-0.25, -0.2) is 0 Å². The first-order chi connectivity index (χ1) is 9.28. The molecule has 19 heavy (non-hydrogen) atoms. The minimum Gasteiger partial charge on any atom is -0.497 e. The number of ether oxygens (including phenoxy) is 2. The van der Waals surface area contributed by atoms with Crippen molar-refractivity contribution in [1.29, 1.82) is 0 Å². The quantitative estimate of drug-likeness (QED) is 0.822. The lowest BCUT2D eigenvalue weighted by molar-refractivity contribution is -0.944. The summed E-state index contributed by atoms with van der Waals surface area (Å²) in [5, 5.41) is 9.48. The molecule has 1 aromatic carbocycles. The highest BCUT2D eigenvalue weighted by atomic mass is 16.5. The predicted molar refractivity (Wildman–Crippen MR) is 73.8 cm³/mol. The maximum absolute atomic E-state index is 9.48. The van der Waals surface area contributed by atoms with Crippen LogP contribution in [-0.2, 0) is 6.54 Å². The highest BCUT2D eigenvalue weighted by Crippen LogP contribution is 2.24. The largest absolute Gasteiger partial charge is 0.497 e. The molecule has 0 aliphatic carbocycles. The van der Waals surface area contributed by atoms with Crippen molar-refractivity contribution in [3.63, 3.8) is 0 Å². The van der Waals surface area contributed by atoms with Gasteiger partial charge in [0.2, 0.25) is 0 Å². The Labute approximate surface area is 114 Å². The molecule has 4 nitrogen and oxygen atoms in total. The standard InChI is InChI=1S/C15H23NO3/c1-18-14-7-6-12(15(9-14)19-2)10-16-8-4-3-5-13(16)11-17/h6-7,9,13,17H,3-5,8,10-11H2,1-2H3/p+1. The minimum atomic E-state index is 0.272. The van der Waals surface area contributed by atoms with Crippen molar-refractivity contribution in [3.8, 4) is 11.5 Å². The van der Waals surface area contributed by atoms with Gasteiger partial charge in [0.15, 0.2) is 0 Å². The van der Waals surface area contributed by atoms with Gasteiger partial charge in [0.25, 0.3) is 0 Å². The summed E-state index contributed by atoms with van der Waals surface area (Å²) >= 11 is 0. The lowest BCUT2D eigenvalue weighted by Crippen LogP contribution is -3.15. The van der Waals surface area contributed by atoms with Gasteiger partial charge in [-0.1, -0.05) is 0 Å². The van der Waals surface area contributed by atoms with E-state index in [0.717, 1.165) is 31.0 Å². The van der Waals surface area contributed by atoms with Gasteiger partial charge in [-0.05, 0) is 25.0 Å². The topological polar surface area (TPSA) is 43.1 Å². The highest BCUT2D eigenvalue weighted by Gasteiger charge is 2.26. The summed E-state index contributed by atoms with van der Waals surface area (Å²) in [5.41, 5.74) is 1.18. The average molecular weight is 266 g/mol. The monoisotopic (exact) mass is 266 g/mol. The Hall–Kier alpha value is -1.26. The van der Waals surface area contributed by atoms with Crippen LogP contribution in [0.4, 0.5) is 0 Å². The second-order valence-corrected chi connectivity index (χ2v) is 5.14. The predicted octanol–water partition coefficient (Wildman–Crippen LogP) is 0.633. The van der Waals surface area contributed by atoms with Crippen LogP contribution >= 0.6 is 0 Å². The number of methoxy groups -OCH3 is 2. The third kappa shape index (κ3) is 3.39. The smallest absolute Gasteiger partial charge is 0.131 e. The highest BCUT2D eigenvalue weighted by molar-refractivity contribution is 5.40. The number of piperidine rings is 1. The first-order valence-corrected chi connectivity index (χ1v) is 6.94. The summed E-state index contributed by atoms with van der Waals surface area (Å²) in [6, 6.07) is 6.32. The Bertz CT molecular complexity index is 408. The Balaban J connectivity index is 2.12. The molecular formula is C15H24NO3+. The first-order valence-electron chi connectivity index (χ1n) is 6.94. The number of aliphatic hydroxyl groups is 1. The average Bonchev–Trinajstić information content (AvgIpc) is 2.48. The third-order valence-corrected chi connectivity index (χ3v) is 4.01. The van der Waals surface area contributed by atoms with Crippen molar-refractivity contribution in [2.45, 2.75) is 31.8 Å². The molecule has 0 saturated carbocycles. The van der Waals surface area contributed by atoms with Crippen molar-refractivity contribution < 1.29 is 19.5 Å². The van der Waals surface area contributed by atoms with Crippen molar-refractivity contribution in [3.05, 3.63) is 23.8 Å². The van der Waals surface area contributed by atoms with Crippen molar-refractivity contribution in [2.24, 2.45) is 0 Å². The van der Waals surface area contributed by atoms with Crippen molar-refractivity contribution >= 4 is 0 Å². The van der Waals surface area contributed by atoms with Crippen LogP contribution in [-0.4, -0.2) is 38.5 Å². The van der Waals surface area contributed by atoms with E-state index in [4.69, 9.17) is 9.47 Å². The second kappa shape index (κ2) is 6.78. The Morgan fingerprint density at radius 2 is 2.11 bits per heavy atom.